The molecule has 1 aliphatic rings. The van der Waals surface area contributed by atoms with Crippen LogP contribution in [0.2, 0.25) is 0 Å². The number of carbonyl (C=O) groups is 2. The third-order valence-electron chi connectivity index (χ3n) is 3.05. The zero-order valence-electron chi connectivity index (χ0n) is 12.2. The number of thiocarbonyl (C=S) groups is 1. The summed E-state index contributed by atoms with van der Waals surface area (Å²) >= 11 is 6.15. The highest BCUT2D eigenvalue weighted by Gasteiger charge is 2.31. The lowest BCUT2D eigenvalue weighted by atomic mass is 10.2. The van der Waals surface area contributed by atoms with Crippen LogP contribution >= 0.6 is 24.0 Å². The predicted molar refractivity (Wildman–Crippen MR) is 91.7 cm³/mol. The number of thioether (sulfide) groups is 1. The molecule has 9 heteroatoms. The number of nitrogens with zero attached hydrogens (tertiary/aromatic N) is 2. The van der Waals surface area contributed by atoms with E-state index in [0.29, 0.717) is 9.23 Å². The number of carboxylic acids is 1. The smallest absolute Gasteiger partial charge is 0.269 e. The van der Waals surface area contributed by atoms with Crippen molar-refractivity contribution in [2.24, 2.45) is 0 Å². The number of nitro benzene ring substituents is 1. The highest BCUT2D eigenvalue weighted by Crippen LogP contribution is 2.31. The van der Waals surface area contributed by atoms with E-state index in [-0.39, 0.29) is 24.6 Å². The van der Waals surface area contributed by atoms with Gasteiger partial charge in [0, 0.05) is 31.1 Å². The van der Waals surface area contributed by atoms with E-state index in [1.807, 2.05) is 0 Å². The molecule has 124 valence electrons. The van der Waals surface area contributed by atoms with Crippen molar-refractivity contribution in [3.63, 3.8) is 0 Å². The fourth-order valence-corrected chi connectivity index (χ4v) is 3.12. The minimum atomic E-state index is -1.24. The largest absolute Gasteiger partial charge is 0.550 e. The number of allylic oxidation sites excluding steroid dienone is 2. The first-order valence-electron chi connectivity index (χ1n) is 6.75. The lowest BCUT2D eigenvalue weighted by Crippen LogP contribution is -2.33. The maximum atomic E-state index is 12.1. The molecule has 0 aliphatic carbocycles. The number of amides is 1. The van der Waals surface area contributed by atoms with Gasteiger partial charge in [-0.25, -0.2) is 0 Å². The van der Waals surface area contributed by atoms with E-state index in [0.717, 1.165) is 17.3 Å². The fourth-order valence-electron chi connectivity index (χ4n) is 1.86. The molecule has 1 aromatic carbocycles. The number of non-ortho nitro benzene ring substituents is 1. The average molecular weight is 363 g/mol. The Balaban J connectivity index is 2.03. The Kier molecular flexibility index (Phi) is 5.83. The highest BCUT2D eigenvalue weighted by atomic mass is 32.2. The van der Waals surface area contributed by atoms with E-state index in [1.165, 1.54) is 17.0 Å². The summed E-state index contributed by atoms with van der Waals surface area (Å²) in [5, 5.41) is 21.1. The van der Waals surface area contributed by atoms with E-state index in [1.54, 1.807) is 30.4 Å². The van der Waals surface area contributed by atoms with Gasteiger partial charge in [-0.2, -0.15) is 0 Å². The maximum Gasteiger partial charge on any atom is 0.269 e. The third kappa shape index (κ3) is 4.49. The monoisotopic (exact) mass is 363 g/mol. The van der Waals surface area contributed by atoms with Gasteiger partial charge in [0.05, 0.1) is 9.83 Å². The number of rotatable bonds is 6. The standard InChI is InChI=1S/C15H12N2O5S2/c18-13(19)8-9-16-14(20)12(24-15(16)23)3-1-2-10-4-6-11(7-5-10)17(21)22/h1-7H,8-9H2,(H,18,19)/p-1/b2-1+,12-3-. The van der Waals surface area contributed by atoms with Gasteiger partial charge in [0.15, 0.2) is 0 Å². The van der Waals surface area contributed by atoms with Crippen molar-refractivity contribution in [2.45, 2.75) is 6.42 Å². The van der Waals surface area contributed by atoms with E-state index >= 15 is 0 Å². The molecule has 0 unspecified atom stereocenters. The van der Waals surface area contributed by atoms with E-state index in [2.05, 4.69) is 0 Å². The van der Waals surface area contributed by atoms with Gasteiger partial charge in [0.25, 0.3) is 11.6 Å². The highest BCUT2D eigenvalue weighted by molar-refractivity contribution is 8.26. The zero-order chi connectivity index (χ0) is 17.7. The van der Waals surface area contributed by atoms with Gasteiger partial charge < -0.3 is 9.90 Å². The number of benzene rings is 1. The van der Waals surface area contributed by atoms with Crippen LogP contribution in [0.4, 0.5) is 5.69 Å². The molecule has 7 nitrogen and oxygen atoms in total. The Bertz CT molecular complexity index is 756. The van der Waals surface area contributed by atoms with Crippen molar-refractivity contribution >= 4 is 51.9 Å². The van der Waals surface area contributed by atoms with E-state index < -0.39 is 10.9 Å². The SMILES string of the molecule is O=C([O-])CCN1C(=O)/C(=C/C=C/c2ccc([N+](=O)[O-])cc2)SC1=S. The summed E-state index contributed by atoms with van der Waals surface area (Å²) in [4.78, 5) is 34.3. The summed E-state index contributed by atoms with van der Waals surface area (Å²) in [7, 11) is 0. The Labute approximate surface area is 146 Å². The van der Waals surface area contributed by atoms with Gasteiger partial charge in [0.2, 0.25) is 0 Å². The first-order chi connectivity index (χ1) is 11.4. The van der Waals surface area contributed by atoms with Crippen LogP contribution < -0.4 is 5.11 Å². The van der Waals surface area contributed by atoms with Gasteiger partial charge in [0.1, 0.15) is 4.32 Å². The van der Waals surface area contributed by atoms with Gasteiger partial charge in [-0.15, -0.1) is 0 Å². The summed E-state index contributed by atoms with van der Waals surface area (Å²) in [6, 6.07) is 5.96. The van der Waals surface area contributed by atoms with Gasteiger partial charge in [-0.05, 0) is 23.8 Å². The number of hydrogen-bond acceptors (Lipinski definition) is 7. The predicted octanol–water partition coefficient (Wildman–Crippen LogP) is 1.49. The molecule has 0 aromatic heterocycles. The molecule has 1 heterocycles. The first kappa shape index (κ1) is 17.8. The molecule has 1 aliphatic heterocycles. The van der Waals surface area contributed by atoms with Crippen molar-refractivity contribution in [3.8, 4) is 0 Å². The van der Waals surface area contributed by atoms with Crippen LogP contribution in [0.5, 0.6) is 0 Å². The molecule has 1 aromatic rings. The zero-order valence-corrected chi connectivity index (χ0v) is 13.8. The molecule has 0 bridgehead atoms. The van der Waals surface area contributed by atoms with Crippen LogP contribution in [0.3, 0.4) is 0 Å². The number of aliphatic carboxylic acids is 1. The second-order valence-electron chi connectivity index (χ2n) is 4.69. The van der Waals surface area contributed by atoms with Crippen molar-refractivity contribution < 1.29 is 19.6 Å². The first-order valence-corrected chi connectivity index (χ1v) is 7.97. The molecule has 24 heavy (non-hydrogen) atoms. The molecule has 2 rings (SSSR count). The molecule has 0 spiro atoms. The Morgan fingerprint density at radius 2 is 2.00 bits per heavy atom. The molecular weight excluding hydrogens is 352 g/mol. The van der Waals surface area contributed by atoms with Crippen LogP contribution in [0.15, 0.2) is 41.3 Å². The number of carboxylic acid groups (broad SMARTS) is 1. The second kappa shape index (κ2) is 7.84. The van der Waals surface area contributed by atoms with Crippen LogP contribution in [0.25, 0.3) is 6.08 Å². The Morgan fingerprint density at radius 1 is 1.33 bits per heavy atom. The van der Waals surface area contributed by atoms with Gasteiger partial charge in [-0.1, -0.05) is 36.1 Å². The van der Waals surface area contributed by atoms with Crippen LogP contribution in [-0.4, -0.2) is 32.6 Å². The van der Waals surface area contributed by atoms with Gasteiger partial charge in [-0.3, -0.25) is 19.8 Å². The average Bonchev–Trinajstić information content (AvgIpc) is 2.80. The van der Waals surface area contributed by atoms with Crippen LogP contribution in [0, 0.1) is 10.1 Å². The molecule has 1 saturated heterocycles. The number of hydrogen-bond donors (Lipinski definition) is 0. The van der Waals surface area contributed by atoms with Crippen LogP contribution in [0.1, 0.15) is 12.0 Å². The molecule has 0 atom stereocenters. The Hall–Kier alpha value is -2.52. The maximum absolute atomic E-state index is 12.1. The Morgan fingerprint density at radius 3 is 2.58 bits per heavy atom. The topological polar surface area (TPSA) is 104 Å². The molecule has 0 saturated carbocycles. The molecule has 1 amide bonds. The fraction of sp³-hybridized carbons (Fsp3) is 0.133. The minimum Gasteiger partial charge on any atom is -0.550 e. The minimum absolute atomic E-state index is 0.000872. The van der Waals surface area contributed by atoms with E-state index in [4.69, 9.17) is 12.2 Å². The van der Waals surface area contributed by atoms with E-state index in [9.17, 15) is 24.8 Å². The summed E-state index contributed by atoms with van der Waals surface area (Å²) < 4.78 is 0.302. The summed E-state index contributed by atoms with van der Waals surface area (Å²) in [5.74, 6) is -1.59. The third-order valence-corrected chi connectivity index (χ3v) is 4.45. The molecular formula is C15H11N2O5S2-. The second-order valence-corrected chi connectivity index (χ2v) is 6.36. The molecule has 0 N–H and O–H groups in total. The van der Waals surface area contributed by atoms with Crippen molar-refractivity contribution in [2.75, 3.05) is 6.54 Å². The van der Waals surface area contributed by atoms with Crippen LogP contribution in [-0.2, 0) is 9.59 Å². The number of nitro groups is 1. The van der Waals surface area contributed by atoms with Crippen molar-refractivity contribution in [1.29, 1.82) is 0 Å². The summed E-state index contributed by atoms with van der Waals surface area (Å²) in [6.45, 7) is -0.0175. The molecule has 1 fully saturated rings. The molecule has 0 radical (unpaired) electrons. The van der Waals surface area contributed by atoms with Gasteiger partial charge >= 0.3 is 0 Å². The summed E-state index contributed by atoms with van der Waals surface area (Å²) in [5.41, 5.74) is 0.741. The van der Waals surface area contributed by atoms with Crippen molar-refractivity contribution in [1.82, 2.24) is 4.90 Å². The van der Waals surface area contributed by atoms with Crippen molar-refractivity contribution in [3.05, 3.63) is 57.0 Å². The number of carbonyl (C=O) groups excluding carboxylic acids is 2. The lowest BCUT2D eigenvalue weighted by molar-refractivity contribution is -0.384. The summed E-state index contributed by atoms with van der Waals surface area (Å²) in [6.07, 6.45) is 4.61. The quantitative estimate of drug-likeness (QED) is 0.326. The lowest BCUT2D eigenvalue weighted by Gasteiger charge is -2.14. The normalized spacial score (nSPS) is 16.3.